The van der Waals surface area contributed by atoms with Crippen LogP contribution in [0.2, 0.25) is 5.02 Å². The molecular weight excluding hydrogens is 398 g/mol. The molecule has 1 unspecified atom stereocenters. The van der Waals surface area contributed by atoms with E-state index >= 15 is 0 Å². The minimum Gasteiger partial charge on any atom is -0.495 e. The Kier molecular flexibility index (Phi) is 5.77. The minimum absolute atomic E-state index is 0. The van der Waals surface area contributed by atoms with E-state index in [-0.39, 0.29) is 17.0 Å². The van der Waals surface area contributed by atoms with E-state index in [1.807, 2.05) is 0 Å². The number of benzene rings is 2. The number of fused-ring (bicyclic) bond motifs is 2. The van der Waals surface area contributed by atoms with Gasteiger partial charge in [-0.2, -0.15) is 0 Å². The zero-order chi connectivity index (χ0) is 16.7. The van der Waals surface area contributed by atoms with E-state index in [0.29, 0.717) is 10.9 Å². The molecule has 2 aliphatic rings. The normalized spacial score (nSPS) is 19.6. The van der Waals surface area contributed by atoms with Crippen molar-refractivity contribution in [1.29, 1.82) is 0 Å². The van der Waals surface area contributed by atoms with Crippen molar-refractivity contribution in [1.82, 2.24) is 4.90 Å². The van der Waals surface area contributed by atoms with E-state index in [4.69, 9.17) is 16.3 Å². The molecule has 1 aliphatic carbocycles. The molecule has 25 heavy (non-hydrogen) atoms. The number of hydrogen-bond donors (Lipinski definition) is 0. The molecule has 2 nitrogen and oxygen atoms in total. The van der Waals surface area contributed by atoms with Gasteiger partial charge in [-0.25, -0.2) is 0 Å². The number of likely N-dealkylation sites (N-methyl/N-ethyl adjacent to an activating group) is 1. The summed E-state index contributed by atoms with van der Waals surface area (Å²) in [7, 11) is 3.91. The fraction of sp³-hybridized carbons (Fsp3) is 0.429. The third kappa shape index (κ3) is 3.60. The lowest BCUT2D eigenvalue weighted by atomic mass is 9.86. The van der Waals surface area contributed by atoms with Crippen LogP contribution in [0.15, 0.2) is 30.3 Å². The Hall–Kier alpha value is -1.03. The van der Waals surface area contributed by atoms with E-state index < -0.39 is 0 Å². The molecule has 0 N–H and O–H groups in total. The van der Waals surface area contributed by atoms with E-state index in [9.17, 15) is 0 Å². The second-order valence-electron chi connectivity index (χ2n) is 7.13. The van der Waals surface area contributed by atoms with Crippen LogP contribution in [0, 0.1) is 0 Å². The van der Waals surface area contributed by atoms with Crippen molar-refractivity contribution in [3.8, 4) is 5.75 Å². The third-order valence-electron chi connectivity index (χ3n) is 5.57. The molecule has 2 aromatic rings. The highest BCUT2D eigenvalue weighted by Gasteiger charge is 2.25. The smallest absolute Gasteiger partial charge is 0.137 e. The average molecular weight is 423 g/mol. The molecule has 0 amide bonds. The first-order chi connectivity index (χ1) is 11.7. The van der Waals surface area contributed by atoms with Gasteiger partial charge in [-0.3, -0.25) is 0 Å². The van der Waals surface area contributed by atoms with Crippen LogP contribution >= 0.6 is 28.6 Å². The Morgan fingerprint density at radius 1 is 1.04 bits per heavy atom. The molecule has 2 aromatic carbocycles. The standard InChI is InChI=1S/C21H24ClNO.BrH/c1-23-9-8-17-11-20(22)21(24-2)12-18(17)19(13-23)16-7-6-14-4-3-5-15(14)10-16;/h6-7,10-12,19H,3-5,8-9,13H2,1-2H3;1H. The monoisotopic (exact) mass is 421 g/mol. The summed E-state index contributed by atoms with van der Waals surface area (Å²) >= 11 is 6.38. The topological polar surface area (TPSA) is 12.5 Å². The Morgan fingerprint density at radius 3 is 2.64 bits per heavy atom. The summed E-state index contributed by atoms with van der Waals surface area (Å²) in [6.07, 6.45) is 4.79. The third-order valence-corrected chi connectivity index (χ3v) is 5.87. The summed E-state index contributed by atoms with van der Waals surface area (Å²) in [6.45, 7) is 2.10. The van der Waals surface area contributed by atoms with Crippen molar-refractivity contribution >= 4 is 28.6 Å². The second kappa shape index (κ2) is 7.69. The summed E-state index contributed by atoms with van der Waals surface area (Å²) in [5.41, 5.74) is 7.24. The molecule has 1 atom stereocenters. The van der Waals surface area contributed by atoms with Crippen molar-refractivity contribution < 1.29 is 4.74 Å². The number of ether oxygens (including phenoxy) is 1. The van der Waals surface area contributed by atoms with Crippen LogP contribution in [0.4, 0.5) is 0 Å². The molecule has 0 fully saturated rings. The first-order valence-electron chi connectivity index (χ1n) is 8.82. The summed E-state index contributed by atoms with van der Waals surface area (Å²) < 4.78 is 5.49. The van der Waals surface area contributed by atoms with Crippen LogP contribution in [0.25, 0.3) is 0 Å². The van der Waals surface area contributed by atoms with Gasteiger partial charge in [-0.05, 0) is 72.7 Å². The Labute approximate surface area is 165 Å². The predicted octanol–water partition coefficient (Wildman–Crippen LogP) is 5.04. The molecule has 0 spiro atoms. The van der Waals surface area contributed by atoms with Crippen LogP contribution in [0.3, 0.4) is 0 Å². The summed E-state index contributed by atoms with van der Waals surface area (Å²) in [5, 5.41) is 0.716. The number of halogens is 2. The molecule has 1 aliphatic heterocycles. The van der Waals surface area contributed by atoms with Gasteiger partial charge in [-0.15, -0.1) is 17.0 Å². The quantitative estimate of drug-likeness (QED) is 0.672. The van der Waals surface area contributed by atoms with Gasteiger partial charge < -0.3 is 9.64 Å². The first-order valence-corrected chi connectivity index (χ1v) is 9.20. The van der Waals surface area contributed by atoms with Gasteiger partial charge in [0.05, 0.1) is 12.1 Å². The number of hydrogen-bond acceptors (Lipinski definition) is 2. The molecule has 0 aromatic heterocycles. The lowest BCUT2D eigenvalue weighted by Gasteiger charge is -2.23. The Balaban J connectivity index is 0.00000182. The summed E-state index contributed by atoms with van der Waals surface area (Å²) in [5.74, 6) is 1.16. The highest BCUT2D eigenvalue weighted by Crippen LogP contribution is 2.38. The maximum atomic E-state index is 6.38. The minimum atomic E-state index is 0. The van der Waals surface area contributed by atoms with Crippen LogP contribution < -0.4 is 4.74 Å². The van der Waals surface area contributed by atoms with E-state index in [1.165, 1.54) is 41.5 Å². The number of aryl methyl sites for hydroxylation is 2. The Morgan fingerprint density at radius 2 is 1.84 bits per heavy atom. The van der Waals surface area contributed by atoms with Crippen molar-refractivity contribution in [2.75, 3.05) is 27.2 Å². The lowest BCUT2D eigenvalue weighted by molar-refractivity contribution is 0.338. The van der Waals surface area contributed by atoms with Crippen molar-refractivity contribution in [3.63, 3.8) is 0 Å². The number of nitrogens with zero attached hydrogens (tertiary/aromatic N) is 1. The van der Waals surface area contributed by atoms with Crippen LogP contribution in [0.5, 0.6) is 5.75 Å². The van der Waals surface area contributed by atoms with Gasteiger partial charge in [-0.1, -0.05) is 29.8 Å². The van der Waals surface area contributed by atoms with E-state index in [2.05, 4.69) is 42.3 Å². The molecule has 0 radical (unpaired) electrons. The summed E-state index contributed by atoms with van der Waals surface area (Å²) in [4.78, 5) is 2.43. The second-order valence-corrected chi connectivity index (χ2v) is 7.54. The molecule has 0 bridgehead atoms. The lowest BCUT2D eigenvalue weighted by Crippen LogP contribution is -2.24. The fourth-order valence-electron chi connectivity index (χ4n) is 4.21. The highest BCUT2D eigenvalue weighted by molar-refractivity contribution is 8.93. The van der Waals surface area contributed by atoms with Gasteiger partial charge in [0.15, 0.2) is 0 Å². The van der Waals surface area contributed by atoms with Crippen LogP contribution in [-0.4, -0.2) is 32.1 Å². The van der Waals surface area contributed by atoms with E-state index in [1.54, 1.807) is 12.7 Å². The number of methoxy groups -OCH3 is 1. The van der Waals surface area contributed by atoms with E-state index in [0.717, 1.165) is 25.3 Å². The molecule has 0 saturated carbocycles. The van der Waals surface area contributed by atoms with Gasteiger partial charge >= 0.3 is 0 Å². The fourth-order valence-corrected chi connectivity index (χ4v) is 4.48. The zero-order valence-electron chi connectivity index (χ0n) is 14.8. The SMILES string of the molecule is Br.COc1cc2c(cc1Cl)CCN(C)CC2c1ccc2c(c1)CCC2. The van der Waals surface area contributed by atoms with Crippen LogP contribution in [0.1, 0.15) is 40.2 Å². The maximum absolute atomic E-state index is 6.38. The molecule has 0 saturated heterocycles. The predicted molar refractivity (Wildman–Crippen MR) is 110 cm³/mol. The highest BCUT2D eigenvalue weighted by atomic mass is 79.9. The van der Waals surface area contributed by atoms with Crippen molar-refractivity contribution in [3.05, 3.63) is 63.2 Å². The first kappa shape index (κ1) is 18.8. The van der Waals surface area contributed by atoms with Gasteiger partial charge in [0.2, 0.25) is 0 Å². The molecular formula is C21H25BrClNO. The molecule has 4 rings (SSSR count). The number of rotatable bonds is 2. The zero-order valence-corrected chi connectivity index (χ0v) is 17.3. The van der Waals surface area contributed by atoms with Gasteiger partial charge in [0, 0.05) is 19.0 Å². The molecule has 134 valence electrons. The Bertz CT molecular complexity index is 777. The largest absolute Gasteiger partial charge is 0.495 e. The van der Waals surface area contributed by atoms with Crippen LogP contribution in [-0.2, 0) is 19.3 Å². The van der Waals surface area contributed by atoms with Gasteiger partial charge in [0.1, 0.15) is 5.75 Å². The maximum Gasteiger partial charge on any atom is 0.137 e. The van der Waals surface area contributed by atoms with Crippen molar-refractivity contribution in [2.45, 2.75) is 31.6 Å². The molecule has 4 heteroatoms. The summed E-state index contributed by atoms with van der Waals surface area (Å²) in [6, 6.07) is 11.4. The molecule has 1 heterocycles. The average Bonchev–Trinajstić information content (AvgIpc) is 2.99. The van der Waals surface area contributed by atoms with Crippen molar-refractivity contribution in [2.24, 2.45) is 0 Å². The van der Waals surface area contributed by atoms with Gasteiger partial charge in [0.25, 0.3) is 0 Å².